The predicted octanol–water partition coefficient (Wildman–Crippen LogP) is 2.39. The minimum absolute atomic E-state index is 0.592. The van der Waals surface area contributed by atoms with Crippen molar-refractivity contribution in [1.29, 1.82) is 0 Å². The van der Waals surface area contributed by atoms with Gasteiger partial charge in [0.25, 0.3) is 8.32 Å². The van der Waals surface area contributed by atoms with Crippen LogP contribution in [0.3, 0.4) is 0 Å². The topological polar surface area (TPSA) is 27.7 Å². The van der Waals surface area contributed by atoms with Gasteiger partial charge in [0.15, 0.2) is 0 Å². The van der Waals surface area contributed by atoms with E-state index in [9.17, 15) is 0 Å². The van der Waals surface area contributed by atoms with E-state index in [0.29, 0.717) is 19.1 Å². The summed E-state index contributed by atoms with van der Waals surface area (Å²) < 4.78 is 16.2. The molecule has 0 radical (unpaired) electrons. The van der Waals surface area contributed by atoms with Crippen molar-refractivity contribution in [1.82, 2.24) is 0 Å². The molecule has 0 bridgehead atoms. The Morgan fingerprint density at radius 3 is 1.86 bits per heavy atom. The van der Waals surface area contributed by atoms with Gasteiger partial charge < -0.3 is 13.9 Å². The van der Waals surface area contributed by atoms with E-state index in [-0.39, 0.29) is 0 Å². The summed E-state index contributed by atoms with van der Waals surface area (Å²) in [4.78, 5) is 0. The molecule has 0 aliphatic heterocycles. The van der Waals surface area contributed by atoms with E-state index < -0.39 is 8.32 Å². The number of hydrogen-bond donors (Lipinski definition) is 0. The van der Waals surface area contributed by atoms with Gasteiger partial charge in [-0.3, -0.25) is 0 Å². The van der Waals surface area contributed by atoms with Crippen LogP contribution in [0, 0.1) is 0 Å². The standard InChI is InChI=1S/C10H20O3Si/c1-5-11-9-14(8-4,13-7-3)10-12-6-2/h5-6H,1-2,7-10H2,3-4H3. The maximum Gasteiger partial charge on any atom is 0.267 e. The van der Waals surface area contributed by atoms with Crippen molar-refractivity contribution in [2.75, 3.05) is 19.1 Å². The highest BCUT2D eigenvalue weighted by Gasteiger charge is 2.34. The average Bonchev–Trinajstić information content (AvgIpc) is 2.22. The molecule has 0 unspecified atom stereocenters. The first-order valence-electron chi connectivity index (χ1n) is 4.83. The first kappa shape index (κ1) is 13.3. The molecule has 4 heteroatoms. The lowest BCUT2D eigenvalue weighted by Gasteiger charge is -2.28. The Bertz CT molecular complexity index is 159. The van der Waals surface area contributed by atoms with Gasteiger partial charge in [-0.1, -0.05) is 20.1 Å². The lowest BCUT2D eigenvalue weighted by molar-refractivity contribution is 0.206. The van der Waals surface area contributed by atoms with Gasteiger partial charge in [0, 0.05) is 6.61 Å². The van der Waals surface area contributed by atoms with Crippen molar-refractivity contribution in [2.24, 2.45) is 0 Å². The van der Waals surface area contributed by atoms with Gasteiger partial charge in [-0.15, -0.1) is 0 Å². The molecule has 0 heterocycles. The number of rotatable bonds is 9. The molecule has 14 heavy (non-hydrogen) atoms. The zero-order valence-electron chi connectivity index (χ0n) is 9.12. The SMILES string of the molecule is C=COC[Si](CC)(COC=C)OCC. The summed E-state index contributed by atoms with van der Waals surface area (Å²) >= 11 is 0. The quantitative estimate of drug-likeness (QED) is 0.437. The van der Waals surface area contributed by atoms with Crippen molar-refractivity contribution in [2.45, 2.75) is 19.9 Å². The summed E-state index contributed by atoms with van der Waals surface area (Å²) in [5.74, 6) is 0. The summed E-state index contributed by atoms with van der Waals surface area (Å²) in [5.41, 5.74) is 0. The van der Waals surface area contributed by atoms with E-state index in [0.717, 1.165) is 6.04 Å². The van der Waals surface area contributed by atoms with Crippen molar-refractivity contribution in [3.05, 3.63) is 25.7 Å². The fraction of sp³-hybridized carbons (Fsp3) is 0.600. The molecule has 0 spiro atoms. The highest BCUT2D eigenvalue weighted by Crippen LogP contribution is 2.13. The van der Waals surface area contributed by atoms with Gasteiger partial charge >= 0.3 is 0 Å². The van der Waals surface area contributed by atoms with Crippen molar-refractivity contribution < 1.29 is 13.9 Å². The van der Waals surface area contributed by atoms with Crippen LogP contribution in [0.4, 0.5) is 0 Å². The van der Waals surface area contributed by atoms with Crippen LogP contribution < -0.4 is 0 Å². The smallest absolute Gasteiger partial charge is 0.267 e. The summed E-state index contributed by atoms with van der Waals surface area (Å²) in [5, 5.41) is 0. The zero-order chi connectivity index (χ0) is 10.9. The van der Waals surface area contributed by atoms with Gasteiger partial charge in [-0.2, -0.15) is 0 Å². The van der Waals surface area contributed by atoms with Gasteiger partial charge in [0.2, 0.25) is 0 Å². The Morgan fingerprint density at radius 2 is 1.57 bits per heavy atom. The molecule has 0 aliphatic carbocycles. The lowest BCUT2D eigenvalue weighted by atomic mass is 10.9. The molecule has 0 aromatic heterocycles. The van der Waals surface area contributed by atoms with E-state index in [4.69, 9.17) is 13.9 Å². The Kier molecular flexibility index (Phi) is 7.24. The Balaban J connectivity index is 4.24. The maximum absolute atomic E-state index is 5.78. The average molecular weight is 216 g/mol. The van der Waals surface area contributed by atoms with Crippen LogP contribution in [0.15, 0.2) is 25.7 Å². The first-order chi connectivity index (χ1) is 6.74. The van der Waals surface area contributed by atoms with Crippen molar-refractivity contribution >= 4 is 8.32 Å². The monoisotopic (exact) mass is 216 g/mol. The van der Waals surface area contributed by atoms with E-state index in [1.165, 1.54) is 12.5 Å². The van der Waals surface area contributed by atoms with Gasteiger partial charge in [0.1, 0.15) is 12.5 Å². The van der Waals surface area contributed by atoms with Gasteiger partial charge in [0.05, 0.1) is 12.5 Å². The molecule has 0 saturated heterocycles. The molecule has 0 N–H and O–H groups in total. The summed E-state index contributed by atoms with van der Waals surface area (Å²) in [6.07, 6.45) is 4.08. The second-order valence-electron chi connectivity index (χ2n) is 2.92. The second-order valence-corrected chi connectivity index (χ2v) is 6.86. The predicted molar refractivity (Wildman–Crippen MR) is 60.2 cm³/mol. The highest BCUT2D eigenvalue weighted by molar-refractivity contribution is 6.73. The molecule has 3 nitrogen and oxygen atoms in total. The van der Waals surface area contributed by atoms with Crippen LogP contribution in [0.1, 0.15) is 13.8 Å². The van der Waals surface area contributed by atoms with Crippen LogP contribution in [-0.2, 0) is 13.9 Å². The van der Waals surface area contributed by atoms with Crippen molar-refractivity contribution in [3.8, 4) is 0 Å². The third kappa shape index (κ3) is 4.48. The van der Waals surface area contributed by atoms with E-state index in [2.05, 4.69) is 20.1 Å². The first-order valence-corrected chi connectivity index (χ1v) is 7.36. The van der Waals surface area contributed by atoms with Crippen LogP contribution in [0.25, 0.3) is 0 Å². The summed E-state index contributed by atoms with van der Waals surface area (Å²) in [6, 6.07) is 0.961. The molecule has 0 aromatic carbocycles. The van der Waals surface area contributed by atoms with Crippen LogP contribution in [0.2, 0.25) is 6.04 Å². The molecular formula is C10H20O3Si. The Hall–Kier alpha value is -0.743. The number of ether oxygens (including phenoxy) is 2. The normalized spacial score (nSPS) is 10.7. The molecule has 0 rings (SSSR count). The molecule has 82 valence electrons. The van der Waals surface area contributed by atoms with Crippen molar-refractivity contribution in [3.63, 3.8) is 0 Å². The highest BCUT2D eigenvalue weighted by atomic mass is 28.4. The molecule has 0 aromatic rings. The molecular weight excluding hydrogens is 196 g/mol. The van der Waals surface area contributed by atoms with Crippen LogP contribution in [-0.4, -0.2) is 27.4 Å². The maximum atomic E-state index is 5.78. The lowest BCUT2D eigenvalue weighted by Crippen LogP contribution is -2.47. The molecule has 0 atom stereocenters. The fourth-order valence-electron chi connectivity index (χ4n) is 1.16. The minimum Gasteiger partial charge on any atom is -0.502 e. The fourth-order valence-corrected chi connectivity index (χ4v) is 3.48. The van der Waals surface area contributed by atoms with E-state index in [1.807, 2.05) is 6.92 Å². The van der Waals surface area contributed by atoms with E-state index in [1.54, 1.807) is 0 Å². The minimum atomic E-state index is -1.90. The summed E-state index contributed by atoms with van der Waals surface area (Å²) in [7, 11) is -1.90. The molecule has 0 aliphatic rings. The molecule has 0 fully saturated rings. The Labute approximate surface area is 87.5 Å². The second kappa shape index (κ2) is 7.64. The third-order valence-electron chi connectivity index (χ3n) is 2.02. The molecule has 0 amide bonds. The van der Waals surface area contributed by atoms with Crippen LogP contribution in [0.5, 0.6) is 0 Å². The third-order valence-corrected chi connectivity index (χ3v) is 5.60. The zero-order valence-corrected chi connectivity index (χ0v) is 10.1. The van der Waals surface area contributed by atoms with Gasteiger partial charge in [-0.25, -0.2) is 0 Å². The molecule has 0 saturated carbocycles. The largest absolute Gasteiger partial charge is 0.502 e. The van der Waals surface area contributed by atoms with Gasteiger partial charge in [-0.05, 0) is 13.0 Å². The summed E-state index contributed by atoms with van der Waals surface area (Å²) in [6.45, 7) is 11.8. The Morgan fingerprint density at radius 1 is 1.07 bits per heavy atom. The number of hydrogen-bond acceptors (Lipinski definition) is 3. The van der Waals surface area contributed by atoms with E-state index >= 15 is 0 Å². The van der Waals surface area contributed by atoms with Crippen LogP contribution >= 0.6 is 0 Å².